The normalized spacial score (nSPS) is 17.9. The first-order valence-corrected chi connectivity index (χ1v) is 11.4. The lowest BCUT2D eigenvalue weighted by Crippen LogP contribution is -2.52. The summed E-state index contributed by atoms with van der Waals surface area (Å²) in [5.41, 5.74) is 0.658. The number of hydrogen-bond acceptors (Lipinski definition) is 6. The molecular weight excluding hydrogens is 420 g/mol. The Morgan fingerprint density at radius 1 is 1.16 bits per heavy atom. The van der Waals surface area contributed by atoms with Gasteiger partial charge in [0.1, 0.15) is 17.8 Å². The highest BCUT2D eigenvalue weighted by Crippen LogP contribution is 2.23. The smallest absolute Gasteiger partial charge is 0.326 e. The summed E-state index contributed by atoms with van der Waals surface area (Å²) in [7, 11) is 0. The van der Waals surface area contributed by atoms with Crippen LogP contribution in [0.15, 0.2) is 24.3 Å². The quantitative estimate of drug-likeness (QED) is 0.526. The van der Waals surface area contributed by atoms with E-state index in [2.05, 4.69) is 5.32 Å². The maximum absolute atomic E-state index is 12.9. The number of hydrogen-bond donors (Lipinski definition) is 3. The summed E-state index contributed by atoms with van der Waals surface area (Å²) in [5, 5.41) is 21.5. The van der Waals surface area contributed by atoms with E-state index in [1.165, 1.54) is 17.0 Å². The molecule has 3 N–H and O–H groups in total. The van der Waals surface area contributed by atoms with Crippen molar-refractivity contribution in [3.8, 4) is 5.75 Å². The van der Waals surface area contributed by atoms with Gasteiger partial charge in [0.2, 0.25) is 11.8 Å². The summed E-state index contributed by atoms with van der Waals surface area (Å²) in [5.74, 6) is -1.98. The topological polar surface area (TPSA) is 124 Å². The van der Waals surface area contributed by atoms with Gasteiger partial charge >= 0.3 is 5.97 Å². The van der Waals surface area contributed by atoms with Gasteiger partial charge in [-0.25, -0.2) is 4.79 Å². The zero-order valence-corrected chi connectivity index (χ0v) is 18.9. The van der Waals surface area contributed by atoms with Crippen molar-refractivity contribution in [2.75, 3.05) is 12.3 Å². The Hall–Kier alpha value is -2.55. The van der Waals surface area contributed by atoms with Crippen LogP contribution in [0, 0.1) is 11.8 Å². The molecule has 1 aromatic carbocycles. The molecule has 0 unspecified atom stereocenters. The zero-order chi connectivity index (χ0) is 23.1. The maximum atomic E-state index is 12.9. The highest BCUT2D eigenvalue weighted by atomic mass is 32.2. The molecule has 0 radical (unpaired) electrons. The lowest BCUT2D eigenvalue weighted by atomic mass is 10.0. The van der Waals surface area contributed by atoms with Crippen molar-refractivity contribution < 1.29 is 29.4 Å². The van der Waals surface area contributed by atoms with E-state index >= 15 is 0 Å². The molecule has 0 spiro atoms. The third-order valence-electron chi connectivity index (χ3n) is 5.20. The van der Waals surface area contributed by atoms with E-state index in [0.717, 1.165) is 11.8 Å². The molecule has 3 atom stereocenters. The average Bonchev–Trinajstić information content (AvgIpc) is 3.21. The van der Waals surface area contributed by atoms with Crippen LogP contribution in [-0.4, -0.2) is 62.4 Å². The average molecular weight is 451 g/mol. The SMILES string of the molecule is CC(C)C(=O)SC[C@@H](C)C(=O)N1CCC[C@H]1C(=O)N[C@@H](Cc1ccc(O)cc1)C(=O)O. The third kappa shape index (κ3) is 6.99. The molecule has 0 bridgehead atoms. The van der Waals surface area contributed by atoms with Crippen molar-refractivity contribution in [2.24, 2.45) is 11.8 Å². The third-order valence-corrected chi connectivity index (χ3v) is 6.62. The van der Waals surface area contributed by atoms with E-state index < -0.39 is 29.9 Å². The van der Waals surface area contributed by atoms with Crippen molar-refractivity contribution >= 4 is 34.7 Å². The molecule has 1 aromatic rings. The number of phenols is 1. The number of amides is 2. The van der Waals surface area contributed by atoms with Crippen LogP contribution in [0.5, 0.6) is 5.75 Å². The molecular formula is C22H30N2O6S. The molecule has 0 aromatic heterocycles. The summed E-state index contributed by atoms with van der Waals surface area (Å²) in [6, 6.07) is 4.24. The molecule has 1 heterocycles. The number of phenolic OH excluding ortho intramolecular Hbond substituents is 1. The fourth-order valence-corrected chi connectivity index (χ4v) is 4.26. The largest absolute Gasteiger partial charge is 0.508 e. The second-order valence-electron chi connectivity index (χ2n) is 8.15. The molecule has 8 nitrogen and oxygen atoms in total. The monoisotopic (exact) mass is 450 g/mol. The molecule has 1 aliphatic heterocycles. The molecule has 2 rings (SSSR count). The number of aromatic hydroxyl groups is 1. The number of carbonyl (C=O) groups is 4. The number of thioether (sulfide) groups is 1. The van der Waals surface area contributed by atoms with Gasteiger partial charge in [-0.15, -0.1) is 0 Å². The van der Waals surface area contributed by atoms with Crippen LogP contribution in [0.25, 0.3) is 0 Å². The van der Waals surface area contributed by atoms with E-state index in [1.807, 2.05) is 0 Å². The van der Waals surface area contributed by atoms with Gasteiger partial charge in [-0.2, -0.15) is 0 Å². The molecule has 1 saturated heterocycles. The highest BCUT2D eigenvalue weighted by molar-refractivity contribution is 8.13. The number of nitrogens with one attached hydrogen (secondary N) is 1. The summed E-state index contributed by atoms with van der Waals surface area (Å²) in [6.07, 6.45) is 1.19. The van der Waals surface area contributed by atoms with E-state index in [0.29, 0.717) is 30.7 Å². The molecule has 0 aliphatic carbocycles. The summed E-state index contributed by atoms with van der Waals surface area (Å²) < 4.78 is 0. The van der Waals surface area contributed by atoms with Crippen molar-refractivity contribution in [1.29, 1.82) is 0 Å². The minimum Gasteiger partial charge on any atom is -0.508 e. The van der Waals surface area contributed by atoms with Gasteiger partial charge < -0.3 is 20.4 Å². The number of carboxylic acids is 1. The Bertz CT molecular complexity index is 811. The Morgan fingerprint density at radius 3 is 2.39 bits per heavy atom. The Labute approximate surface area is 186 Å². The predicted molar refractivity (Wildman–Crippen MR) is 118 cm³/mol. The van der Waals surface area contributed by atoms with Gasteiger partial charge in [0.25, 0.3) is 0 Å². The van der Waals surface area contributed by atoms with E-state index in [9.17, 15) is 29.4 Å². The van der Waals surface area contributed by atoms with E-state index in [-0.39, 0.29) is 29.1 Å². The van der Waals surface area contributed by atoms with Gasteiger partial charge in [-0.05, 0) is 30.5 Å². The second-order valence-corrected chi connectivity index (χ2v) is 9.17. The number of likely N-dealkylation sites (tertiary alicyclic amines) is 1. The predicted octanol–water partition coefficient (Wildman–Crippen LogP) is 2.05. The summed E-state index contributed by atoms with van der Waals surface area (Å²) in [4.78, 5) is 50.7. The van der Waals surface area contributed by atoms with Gasteiger partial charge in [0, 0.05) is 30.6 Å². The van der Waals surface area contributed by atoms with Gasteiger partial charge in [-0.3, -0.25) is 14.4 Å². The van der Waals surface area contributed by atoms with Crippen LogP contribution in [0.4, 0.5) is 0 Å². The first-order valence-electron chi connectivity index (χ1n) is 10.4. The van der Waals surface area contributed by atoms with Crippen LogP contribution < -0.4 is 5.32 Å². The fraction of sp³-hybridized carbons (Fsp3) is 0.545. The molecule has 170 valence electrons. The Balaban J connectivity index is 1.99. The number of nitrogens with zero attached hydrogens (tertiary/aromatic N) is 1. The molecule has 1 fully saturated rings. The number of benzene rings is 1. The summed E-state index contributed by atoms with van der Waals surface area (Å²) in [6.45, 7) is 5.78. The lowest BCUT2D eigenvalue weighted by Gasteiger charge is -2.28. The van der Waals surface area contributed by atoms with Crippen molar-refractivity contribution in [2.45, 2.75) is 52.1 Å². The van der Waals surface area contributed by atoms with Crippen molar-refractivity contribution in [3.05, 3.63) is 29.8 Å². The lowest BCUT2D eigenvalue weighted by molar-refractivity contribution is -0.144. The molecule has 2 amide bonds. The summed E-state index contributed by atoms with van der Waals surface area (Å²) >= 11 is 1.12. The molecule has 9 heteroatoms. The number of rotatable bonds is 9. The van der Waals surface area contributed by atoms with Crippen molar-refractivity contribution in [1.82, 2.24) is 10.2 Å². The first kappa shape index (κ1) is 24.7. The first-order chi connectivity index (χ1) is 14.6. The molecule has 0 saturated carbocycles. The number of aliphatic carboxylic acids is 1. The minimum atomic E-state index is -1.17. The van der Waals surface area contributed by atoms with Crippen LogP contribution in [0.3, 0.4) is 0 Å². The van der Waals surface area contributed by atoms with Gasteiger partial charge in [-0.1, -0.05) is 44.7 Å². The van der Waals surface area contributed by atoms with Gasteiger partial charge in [0.05, 0.1) is 0 Å². The minimum absolute atomic E-state index is 0.0221. The van der Waals surface area contributed by atoms with E-state index in [1.54, 1.807) is 32.9 Å². The maximum Gasteiger partial charge on any atom is 0.326 e. The standard InChI is InChI=1S/C22H30N2O6S/c1-13(2)22(30)31-12-14(3)20(27)24-10-4-5-18(24)19(26)23-17(21(28)29)11-15-6-8-16(25)9-7-15/h6-9,13-14,17-18,25H,4-5,10-12H2,1-3H3,(H,23,26)(H,28,29)/t14-,17+,18+/m1/s1. The van der Waals surface area contributed by atoms with Crippen LogP contribution in [0.2, 0.25) is 0 Å². The Morgan fingerprint density at radius 2 is 1.81 bits per heavy atom. The Kier molecular flexibility index (Phi) is 8.91. The molecule has 1 aliphatic rings. The van der Waals surface area contributed by atoms with E-state index in [4.69, 9.17) is 0 Å². The van der Waals surface area contributed by atoms with Crippen molar-refractivity contribution in [3.63, 3.8) is 0 Å². The number of carboxylic acid groups (broad SMARTS) is 1. The van der Waals surface area contributed by atoms with Gasteiger partial charge in [0.15, 0.2) is 5.12 Å². The van der Waals surface area contributed by atoms with Crippen LogP contribution >= 0.6 is 11.8 Å². The van der Waals surface area contributed by atoms with Crippen LogP contribution in [-0.2, 0) is 25.6 Å². The highest BCUT2D eigenvalue weighted by Gasteiger charge is 2.37. The van der Waals surface area contributed by atoms with Crippen LogP contribution in [0.1, 0.15) is 39.2 Å². The second kappa shape index (κ2) is 11.2. The zero-order valence-electron chi connectivity index (χ0n) is 18.0. The fourth-order valence-electron chi connectivity index (χ4n) is 3.37. The number of carbonyl (C=O) groups excluding carboxylic acids is 3. The molecule has 31 heavy (non-hydrogen) atoms.